The molecule has 0 bridgehead atoms. The van der Waals surface area contributed by atoms with Gasteiger partial charge in [0.05, 0.1) is 6.61 Å². The number of ether oxygens (including phenoxy) is 1. The number of hydrogen-bond donors (Lipinski definition) is 2. The second kappa shape index (κ2) is 6.15. The summed E-state index contributed by atoms with van der Waals surface area (Å²) in [5.41, 5.74) is 0. The second-order valence-electron chi connectivity index (χ2n) is 3.51. The molecule has 0 aromatic heterocycles. The van der Waals surface area contributed by atoms with Crippen molar-refractivity contribution in [3.05, 3.63) is 29.8 Å². The van der Waals surface area contributed by atoms with Crippen LogP contribution in [0.4, 0.5) is 8.78 Å². The van der Waals surface area contributed by atoms with Gasteiger partial charge < -0.3 is 15.2 Å². The van der Waals surface area contributed by atoms with Gasteiger partial charge in [-0.25, -0.2) is 8.78 Å². The first-order valence-corrected chi connectivity index (χ1v) is 5.01. The van der Waals surface area contributed by atoms with Crippen molar-refractivity contribution in [1.29, 1.82) is 0 Å². The average molecular weight is 245 g/mol. The normalized spacial score (nSPS) is 12.0. The summed E-state index contributed by atoms with van der Waals surface area (Å²) >= 11 is 0. The summed E-state index contributed by atoms with van der Waals surface area (Å²) in [4.78, 5) is 11.2. The lowest BCUT2D eigenvalue weighted by Crippen LogP contribution is -2.38. The fraction of sp³-hybridized carbons (Fsp3) is 0.364. The Hall–Kier alpha value is -1.69. The highest BCUT2D eigenvalue weighted by Crippen LogP contribution is 2.17. The van der Waals surface area contributed by atoms with Crippen LogP contribution in [0.2, 0.25) is 0 Å². The maximum absolute atomic E-state index is 13.1. The minimum atomic E-state index is -0.868. The van der Waals surface area contributed by atoms with E-state index in [4.69, 9.17) is 9.84 Å². The number of amides is 1. The van der Waals surface area contributed by atoms with Crippen LogP contribution in [-0.4, -0.2) is 30.3 Å². The zero-order valence-electron chi connectivity index (χ0n) is 9.24. The first kappa shape index (κ1) is 13.4. The smallest absolute Gasteiger partial charge is 0.258 e. The molecule has 6 heteroatoms. The van der Waals surface area contributed by atoms with Crippen LogP contribution in [0.3, 0.4) is 0 Å². The van der Waals surface area contributed by atoms with E-state index >= 15 is 0 Å². The lowest BCUT2D eigenvalue weighted by molar-refractivity contribution is -0.124. The van der Waals surface area contributed by atoms with Gasteiger partial charge in [-0.2, -0.15) is 0 Å². The van der Waals surface area contributed by atoms with Crippen LogP contribution in [0.5, 0.6) is 5.75 Å². The SMILES string of the molecule is C[C@H](CO)NC(=O)COc1ccc(F)cc1F. The molecule has 1 aromatic rings. The molecule has 0 aliphatic carbocycles. The largest absolute Gasteiger partial charge is 0.481 e. The van der Waals surface area contributed by atoms with Gasteiger partial charge in [0, 0.05) is 12.1 Å². The van der Waals surface area contributed by atoms with Gasteiger partial charge in [0.1, 0.15) is 5.82 Å². The van der Waals surface area contributed by atoms with Crippen LogP contribution in [0, 0.1) is 11.6 Å². The van der Waals surface area contributed by atoms with Crippen LogP contribution in [0.25, 0.3) is 0 Å². The third-order valence-corrected chi connectivity index (χ3v) is 1.93. The summed E-state index contributed by atoms with van der Waals surface area (Å²) < 4.78 is 30.5. The summed E-state index contributed by atoms with van der Waals surface area (Å²) in [5, 5.41) is 11.1. The highest BCUT2D eigenvalue weighted by molar-refractivity contribution is 5.77. The van der Waals surface area contributed by atoms with Gasteiger partial charge in [0.2, 0.25) is 0 Å². The quantitative estimate of drug-likeness (QED) is 0.808. The van der Waals surface area contributed by atoms with Crippen LogP contribution in [-0.2, 0) is 4.79 Å². The molecule has 17 heavy (non-hydrogen) atoms. The van der Waals surface area contributed by atoms with E-state index in [0.29, 0.717) is 6.07 Å². The van der Waals surface area contributed by atoms with Gasteiger partial charge in [0.15, 0.2) is 18.2 Å². The van der Waals surface area contributed by atoms with E-state index in [0.717, 1.165) is 12.1 Å². The van der Waals surface area contributed by atoms with E-state index in [1.807, 2.05) is 0 Å². The van der Waals surface area contributed by atoms with Crippen molar-refractivity contribution in [2.24, 2.45) is 0 Å². The number of rotatable bonds is 5. The molecule has 0 aliphatic heterocycles. The molecule has 0 spiro atoms. The Labute approximate surface area is 97.2 Å². The van der Waals surface area contributed by atoms with Crippen molar-refractivity contribution in [3.8, 4) is 5.75 Å². The molecule has 0 unspecified atom stereocenters. The first-order valence-electron chi connectivity index (χ1n) is 5.01. The third-order valence-electron chi connectivity index (χ3n) is 1.93. The van der Waals surface area contributed by atoms with Gasteiger partial charge in [-0.3, -0.25) is 4.79 Å². The predicted molar refractivity (Wildman–Crippen MR) is 56.5 cm³/mol. The van der Waals surface area contributed by atoms with Gasteiger partial charge in [-0.1, -0.05) is 0 Å². The van der Waals surface area contributed by atoms with E-state index in [9.17, 15) is 13.6 Å². The number of aliphatic hydroxyl groups is 1. The lowest BCUT2D eigenvalue weighted by atomic mass is 10.3. The van der Waals surface area contributed by atoms with E-state index in [1.54, 1.807) is 6.92 Å². The Bertz CT molecular complexity index is 398. The number of hydrogen-bond acceptors (Lipinski definition) is 3. The molecule has 0 saturated heterocycles. The van der Waals surface area contributed by atoms with E-state index in [1.165, 1.54) is 0 Å². The maximum Gasteiger partial charge on any atom is 0.258 e. The maximum atomic E-state index is 13.1. The van der Waals surface area contributed by atoms with Gasteiger partial charge >= 0.3 is 0 Å². The highest BCUT2D eigenvalue weighted by atomic mass is 19.1. The molecule has 0 saturated carbocycles. The number of aliphatic hydroxyl groups excluding tert-OH is 1. The molecule has 0 radical (unpaired) electrons. The number of benzene rings is 1. The monoisotopic (exact) mass is 245 g/mol. The number of carbonyl (C=O) groups excluding carboxylic acids is 1. The molecule has 0 aliphatic rings. The topological polar surface area (TPSA) is 58.6 Å². The summed E-state index contributed by atoms with van der Waals surface area (Å²) in [6, 6.07) is 2.41. The highest BCUT2D eigenvalue weighted by Gasteiger charge is 2.09. The molecule has 2 N–H and O–H groups in total. The number of halogens is 2. The Morgan fingerprint density at radius 2 is 2.24 bits per heavy atom. The van der Waals surface area contributed by atoms with E-state index in [2.05, 4.69) is 5.32 Å². The fourth-order valence-corrected chi connectivity index (χ4v) is 1.10. The number of nitrogens with one attached hydrogen (secondary N) is 1. The number of carbonyl (C=O) groups is 1. The summed E-state index contributed by atoms with van der Waals surface area (Å²) in [7, 11) is 0. The Morgan fingerprint density at radius 3 is 2.82 bits per heavy atom. The zero-order chi connectivity index (χ0) is 12.8. The van der Waals surface area contributed by atoms with E-state index in [-0.39, 0.29) is 12.4 Å². The summed E-state index contributed by atoms with van der Waals surface area (Å²) in [6.07, 6.45) is 0. The van der Waals surface area contributed by atoms with Crippen LogP contribution in [0.15, 0.2) is 18.2 Å². The predicted octanol–water partition coefficient (Wildman–Crippen LogP) is 0.841. The third kappa shape index (κ3) is 4.36. The molecule has 1 rings (SSSR count). The Kier molecular flexibility index (Phi) is 4.84. The first-order chi connectivity index (χ1) is 8.02. The van der Waals surface area contributed by atoms with Gasteiger partial charge in [-0.15, -0.1) is 0 Å². The molecular formula is C11H13F2NO3. The lowest BCUT2D eigenvalue weighted by Gasteiger charge is -2.11. The van der Waals surface area contributed by atoms with Crippen molar-refractivity contribution in [3.63, 3.8) is 0 Å². The Balaban J connectivity index is 2.47. The average Bonchev–Trinajstić information content (AvgIpc) is 2.27. The van der Waals surface area contributed by atoms with Crippen LogP contribution < -0.4 is 10.1 Å². The van der Waals surface area contributed by atoms with Crippen molar-refractivity contribution in [2.45, 2.75) is 13.0 Å². The zero-order valence-corrected chi connectivity index (χ0v) is 9.24. The molecule has 4 nitrogen and oxygen atoms in total. The molecule has 1 atom stereocenters. The van der Waals surface area contributed by atoms with Crippen LogP contribution >= 0.6 is 0 Å². The van der Waals surface area contributed by atoms with Gasteiger partial charge in [0.25, 0.3) is 5.91 Å². The van der Waals surface area contributed by atoms with Gasteiger partial charge in [-0.05, 0) is 19.1 Å². The molecule has 1 aromatic carbocycles. The molecule has 0 fully saturated rings. The van der Waals surface area contributed by atoms with Crippen molar-refractivity contribution in [2.75, 3.05) is 13.2 Å². The minimum absolute atomic E-state index is 0.196. The van der Waals surface area contributed by atoms with Crippen molar-refractivity contribution >= 4 is 5.91 Å². The molecule has 94 valence electrons. The van der Waals surface area contributed by atoms with Crippen LogP contribution in [0.1, 0.15) is 6.92 Å². The molecule has 1 amide bonds. The fourth-order valence-electron chi connectivity index (χ4n) is 1.10. The Morgan fingerprint density at radius 1 is 1.53 bits per heavy atom. The second-order valence-corrected chi connectivity index (χ2v) is 3.51. The van der Waals surface area contributed by atoms with Crippen molar-refractivity contribution in [1.82, 2.24) is 5.32 Å². The van der Waals surface area contributed by atoms with E-state index < -0.39 is 30.2 Å². The minimum Gasteiger partial charge on any atom is -0.481 e. The standard InChI is InChI=1S/C11H13F2NO3/c1-7(5-15)14-11(16)6-17-10-3-2-8(12)4-9(10)13/h2-4,7,15H,5-6H2,1H3,(H,14,16)/t7-/m1/s1. The summed E-state index contributed by atoms with van der Waals surface area (Å²) in [6.45, 7) is 1.01. The molecular weight excluding hydrogens is 232 g/mol. The van der Waals surface area contributed by atoms with Crippen molar-refractivity contribution < 1.29 is 23.4 Å². The summed E-state index contributed by atoms with van der Waals surface area (Å²) in [5.74, 6) is -2.27. The molecule has 0 heterocycles.